The number of hydrogen-bond acceptors (Lipinski definition) is 3. The lowest BCUT2D eigenvalue weighted by atomic mass is 9.96. The van der Waals surface area contributed by atoms with E-state index in [1.54, 1.807) is 7.11 Å². The number of carbonyl (C=O) groups excluding carboxylic acids is 1. The van der Waals surface area contributed by atoms with Gasteiger partial charge in [0.2, 0.25) is 5.91 Å². The molecule has 4 nitrogen and oxygen atoms in total. The number of anilines is 1. The summed E-state index contributed by atoms with van der Waals surface area (Å²) in [6, 6.07) is 6.02. The first-order valence-corrected chi connectivity index (χ1v) is 6.49. The Morgan fingerprint density at radius 2 is 2.21 bits per heavy atom. The monoisotopic (exact) mass is 282 g/mol. The predicted octanol–water partition coefficient (Wildman–Crippen LogP) is 1.62. The molecule has 0 aliphatic carbocycles. The van der Waals surface area contributed by atoms with Gasteiger partial charge >= 0.3 is 0 Å². The molecule has 0 radical (unpaired) electrons. The van der Waals surface area contributed by atoms with Gasteiger partial charge in [0, 0.05) is 19.6 Å². The second-order valence-corrected chi connectivity index (χ2v) is 4.92. The molecule has 1 N–H and O–H groups in total. The van der Waals surface area contributed by atoms with E-state index >= 15 is 0 Å². The Bertz CT molecular complexity index is 460. The van der Waals surface area contributed by atoms with Gasteiger partial charge in [0.1, 0.15) is 5.75 Å². The van der Waals surface area contributed by atoms with Crippen molar-refractivity contribution in [1.82, 2.24) is 5.32 Å². The van der Waals surface area contributed by atoms with Crippen molar-refractivity contribution in [3.63, 3.8) is 0 Å². The number of hydrogen-bond donors (Lipinski definition) is 1. The Kier molecular flexibility index (Phi) is 4.32. The molecule has 1 saturated heterocycles. The smallest absolute Gasteiger partial charge is 0.232 e. The summed E-state index contributed by atoms with van der Waals surface area (Å²) in [6.45, 7) is 2.42. The lowest BCUT2D eigenvalue weighted by Crippen LogP contribution is -2.53. The minimum atomic E-state index is 0. The van der Waals surface area contributed by atoms with Gasteiger partial charge in [0.15, 0.2) is 0 Å². The number of halogens is 1. The summed E-state index contributed by atoms with van der Waals surface area (Å²) in [7, 11) is 1.66. The average molecular weight is 283 g/mol. The standard InChI is InChI=1S/C14H18N2O2.ClH/c1-18-12-6-2-4-10-5-3-7-16(13(10)12)14(17)11-8-15-9-11;/h2,4,6,11,15H,3,5,7-9H2,1H3;1H. The van der Waals surface area contributed by atoms with Gasteiger partial charge in [-0.1, -0.05) is 12.1 Å². The molecular formula is C14H19ClN2O2. The predicted molar refractivity (Wildman–Crippen MR) is 77.3 cm³/mol. The first-order valence-electron chi connectivity index (χ1n) is 6.49. The molecule has 0 bridgehead atoms. The van der Waals surface area contributed by atoms with Crippen molar-refractivity contribution in [1.29, 1.82) is 0 Å². The van der Waals surface area contributed by atoms with Gasteiger partial charge < -0.3 is 15.0 Å². The Hall–Kier alpha value is -1.26. The summed E-state index contributed by atoms with van der Waals surface area (Å²) in [5.74, 6) is 1.19. The Labute approximate surface area is 119 Å². The molecule has 1 aromatic carbocycles. The van der Waals surface area contributed by atoms with E-state index in [-0.39, 0.29) is 24.2 Å². The minimum Gasteiger partial charge on any atom is -0.495 e. The summed E-state index contributed by atoms with van der Waals surface area (Å²) < 4.78 is 5.41. The molecule has 1 fully saturated rings. The molecule has 104 valence electrons. The third kappa shape index (κ3) is 2.42. The van der Waals surface area contributed by atoms with E-state index in [1.807, 2.05) is 17.0 Å². The van der Waals surface area contributed by atoms with Crippen LogP contribution in [-0.4, -0.2) is 32.7 Å². The number of aryl methyl sites for hydroxylation is 1. The van der Waals surface area contributed by atoms with Crippen molar-refractivity contribution in [3.8, 4) is 5.75 Å². The van der Waals surface area contributed by atoms with Crippen molar-refractivity contribution in [2.45, 2.75) is 12.8 Å². The highest BCUT2D eigenvalue weighted by Crippen LogP contribution is 2.37. The van der Waals surface area contributed by atoms with E-state index in [0.29, 0.717) is 0 Å². The second-order valence-electron chi connectivity index (χ2n) is 4.92. The second kappa shape index (κ2) is 5.80. The molecule has 0 spiro atoms. The highest BCUT2D eigenvalue weighted by Gasteiger charge is 2.33. The van der Waals surface area contributed by atoms with E-state index in [9.17, 15) is 4.79 Å². The van der Waals surface area contributed by atoms with Crippen molar-refractivity contribution >= 4 is 24.0 Å². The van der Waals surface area contributed by atoms with Gasteiger partial charge in [-0.3, -0.25) is 4.79 Å². The molecule has 2 aliphatic rings. The number of fused-ring (bicyclic) bond motifs is 1. The highest BCUT2D eigenvalue weighted by molar-refractivity contribution is 5.98. The van der Waals surface area contributed by atoms with Crippen LogP contribution in [0.3, 0.4) is 0 Å². The zero-order valence-electron chi connectivity index (χ0n) is 11.0. The SMILES string of the molecule is COc1cccc2c1N(C(=O)C1CNC1)CCC2.Cl. The van der Waals surface area contributed by atoms with Crippen LogP contribution in [0.5, 0.6) is 5.75 Å². The van der Waals surface area contributed by atoms with Gasteiger partial charge in [0.05, 0.1) is 18.7 Å². The van der Waals surface area contributed by atoms with Crippen LogP contribution in [0.2, 0.25) is 0 Å². The van der Waals surface area contributed by atoms with Crippen molar-refractivity contribution in [3.05, 3.63) is 23.8 Å². The van der Waals surface area contributed by atoms with Gasteiger partial charge in [-0.2, -0.15) is 0 Å². The number of methoxy groups -OCH3 is 1. The number of rotatable bonds is 2. The Balaban J connectivity index is 0.00000133. The molecule has 0 unspecified atom stereocenters. The topological polar surface area (TPSA) is 41.6 Å². The first-order chi connectivity index (χ1) is 8.81. The number of carbonyl (C=O) groups is 1. The number of nitrogens with one attached hydrogen (secondary N) is 1. The van der Waals surface area contributed by atoms with Gasteiger partial charge in [0.25, 0.3) is 0 Å². The first kappa shape index (κ1) is 14.2. The number of amides is 1. The van der Waals surface area contributed by atoms with Crippen LogP contribution < -0.4 is 15.0 Å². The zero-order chi connectivity index (χ0) is 12.5. The summed E-state index contributed by atoms with van der Waals surface area (Å²) in [4.78, 5) is 14.4. The average Bonchev–Trinajstić information content (AvgIpc) is 2.35. The van der Waals surface area contributed by atoms with Crippen molar-refractivity contribution in [2.75, 3.05) is 31.6 Å². The molecule has 0 atom stereocenters. The Morgan fingerprint density at radius 1 is 1.42 bits per heavy atom. The number of benzene rings is 1. The summed E-state index contributed by atoms with van der Waals surface area (Å²) in [6.07, 6.45) is 2.06. The van der Waals surface area contributed by atoms with E-state index in [4.69, 9.17) is 4.74 Å². The number of nitrogens with zero attached hydrogens (tertiary/aromatic N) is 1. The van der Waals surface area contributed by atoms with Crippen LogP contribution >= 0.6 is 12.4 Å². The molecule has 0 aromatic heterocycles. The quantitative estimate of drug-likeness (QED) is 0.896. The molecule has 5 heteroatoms. The fourth-order valence-electron chi connectivity index (χ4n) is 2.68. The van der Waals surface area contributed by atoms with E-state index in [2.05, 4.69) is 11.4 Å². The third-order valence-corrected chi connectivity index (χ3v) is 3.80. The van der Waals surface area contributed by atoms with Crippen LogP contribution in [0.25, 0.3) is 0 Å². The van der Waals surface area contributed by atoms with E-state index < -0.39 is 0 Å². The normalized spacial score (nSPS) is 18.1. The molecule has 0 saturated carbocycles. The van der Waals surface area contributed by atoms with Crippen molar-refractivity contribution < 1.29 is 9.53 Å². The maximum Gasteiger partial charge on any atom is 0.232 e. The molecule has 1 aromatic rings. The fourth-order valence-corrected chi connectivity index (χ4v) is 2.68. The summed E-state index contributed by atoms with van der Waals surface area (Å²) in [5.41, 5.74) is 2.21. The van der Waals surface area contributed by atoms with Crippen LogP contribution in [0.4, 0.5) is 5.69 Å². The van der Waals surface area contributed by atoms with Crippen LogP contribution in [0.15, 0.2) is 18.2 Å². The van der Waals surface area contributed by atoms with E-state index in [0.717, 1.165) is 43.9 Å². The highest BCUT2D eigenvalue weighted by atomic mass is 35.5. The summed E-state index contributed by atoms with van der Waals surface area (Å²) >= 11 is 0. The molecular weight excluding hydrogens is 264 g/mol. The lowest BCUT2D eigenvalue weighted by molar-refractivity contribution is -0.123. The zero-order valence-corrected chi connectivity index (χ0v) is 11.8. The number of para-hydroxylation sites is 1. The Morgan fingerprint density at radius 3 is 2.84 bits per heavy atom. The molecule has 1 amide bonds. The molecule has 3 rings (SSSR count). The van der Waals surface area contributed by atoms with Gasteiger partial charge in [-0.15, -0.1) is 12.4 Å². The minimum absolute atomic E-state index is 0. The fraction of sp³-hybridized carbons (Fsp3) is 0.500. The number of ether oxygens (including phenoxy) is 1. The van der Waals surface area contributed by atoms with Crippen LogP contribution in [0.1, 0.15) is 12.0 Å². The van der Waals surface area contributed by atoms with Gasteiger partial charge in [-0.05, 0) is 24.5 Å². The molecule has 2 heterocycles. The van der Waals surface area contributed by atoms with Gasteiger partial charge in [-0.25, -0.2) is 0 Å². The van der Waals surface area contributed by atoms with Crippen molar-refractivity contribution in [2.24, 2.45) is 5.92 Å². The maximum absolute atomic E-state index is 12.4. The largest absolute Gasteiger partial charge is 0.495 e. The van der Waals surface area contributed by atoms with E-state index in [1.165, 1.54) is 5.56 Å². The lowest BCUT2D eigenvalue weighted by Gasteiger charge is -2.36. The molecule has 2 aliphatic heterocycles. The summed E-state index contributed by atoms with van der Waals surface area (Å²) in [5, 5.41) is 3.16. The third-order valence-electron chi connectivity index (χ3n) is 3.80. The molecule has 19 heavy (non-hydrogen) atoms. The van der Waals surface area contributed by atoms with Crippen LogP contribution in [0, 0.1) is 5.92 Å². The maximum atomic E-state index is 12.4. The van der Waals surface area contributed by atoms with Crippen LogP contribution in [-0.2, 0) is 11.2 Å².